The predicted molar refractivity (Wildman–Crippen MR) is 72.8 cm³/mol. The molecule has 0 aliphatic carbocycles. The van der Waals surface area contributed by atoms with E-state index in [0.717, 1.165) is 32.1 Å². The lowest BCUT2D eigenvalue weighted by Crippen LogP contribution is -2.36. The van der Waals surface area contributed by atoms with Gasteiger partial charge in [0.1, 0.15) is 18.2 Å². The normalized spacial score (nSPS) is 21.5. The first-order valence-electron chi connectivity index (χ1n) is 7.16. The molecule has 0 unspecified atom stereocenters. The highest BCUT2D eigenvalue weighted by Gasteiger charge is 2.22. The predicted octanol–water partition coefficient (Wildman–Crippen LogP) is 2.02. The number of rotatable bonds is 2. The van der Waals surface area contributed by atoms with Crippen LogP contribution in [0.15, 0.2) is 18.2 Å². The van der Waals surface area contributed by atoms with Crippen LogP contribution in [0.1, 0.15) is 18.4 Å². The van der Waals surface area contributed by atoms with Crippen LogP contribution in [-0.4, -0.2) is 37.7 Å². The van der Waals surface area contributed by atoms with Crippen LogP contribution < -0.4 is 10.1 Å². The summed E-state index contributed by atoms with van der Waals surface area (Å²) in [5.74, 6) is 1.30. The van der Waals surface area contributed by atoms with Gasteiger partial charge in [0, 0.05) is 25.2 Å². The molecule has 0 bridgehead atoms. The Bertz CT molecular complexity index is 432. The van der Waals surface area contributed by atoms with Crippen LogP contribution >= 0.6 is 0 Å². The lowest BCUT2D eigenvalue weighted by atomic mass is 9.97. The molecule has 1 aromatic rings. The molecule has 0 atom stereocenters. The Morgan fingerprint density at radius 2 is 2.16 bits per heavy atom. The molecular weight excluding hydrogens is 243 g/mol. The van der Waals surface area contributed by atoms with Crippen LogP contribution in [0.2, 0.25) is 0 Å². The number of ether oxygens (including phenoxy) is 1. The van der Waals surface area contributed by atoms with E-state index in [1.807, 2.05) is 6.07 Å². The van der Waals surface area contributed by atoms with E-state index >= 15 is 0 Å². The third kappa shape index (κ3) is 3.07. The first-order valence-corrected chi connectivity index (χ1v) is 7.16. The molecule has 1 aromatic carbocycles. The molecule has 1 N–H and O–H groups in total. The molecule has 3 rings (SSSR count). The largest absolute Gasteiger partial charge is 0.492 e. The summed E-state index contributed by atoms with van der Waals surface area (Å²) in [6.45, 7) is 5.49. The van der Waals surface area contributed by atoms with Gasteiger partial charge >= 0.3 is 0 Å². The minimum Gasteiger partial charge on any atom is -0.492 e. The third-order valence-electron chi connectivity index (χ3n) is 4.10. The topological polar surface area (TPSA) is 24.5 Å². The fourth-order valence-electron chi connectivity index (χ4n) is 3.00. The van der Waals surface area contributed by atoms with Gasteiger partial charge in [-0.1, -0.05) is 6.07 Å². The molecule has 104 valence electrons. The maximum Gasteiger partial charge on any atom is 0.131 e. The van der Waals surface area contributed by atoms with Crippen molar-refractivity contribution in [3.8, 4) is 5.75 Å². The maximum absolute atomic E-state index is 13.9. The second-order valence-corrected chi connectivity index (χ2v) is 5.49. The molecule has 4 heteroatoms. The first-order chi connectivity index (χ1) is 9.33. The summed E-state index contributed by atoms with van der Waals surface area (Å²) < 4.78 is 19.5. The molecule has 0 spiro atoms. The van der Waals surface area contributed by atoms with E-state index in [1.54, 1.807) is 6.07 Å². The molecular formula is C15H21FN2O. The van der Waals surface area contributed by atoms with Gasteiger partial charge in [-0.15, -0.1) is 0 Å². The molecule has 0 amide bonds. The Hall–Kier alpha value is -1.13. The molecule has 0 aromatic heterocycles. The van der Waals surface area contributed by atoms with E-state index in [4.69, 9.17) is 4.74 Å². The van der Waals surface area contributed by atoms with Crippen molar-refractivity contribution >= 4 is 0 Å². The van der Waals surface area contributed by atoms with Crippen molar-refractivity contribution in [2.24, 2.45) is 5.92 Å². The average Bonchev–Trinajstić information content (AvgIpc) is 2.63. The summed E-state index contributed by atoms with van der Waals surface area (Å²) in [4.78, 5) is 2.34. The monoisotopic (exact) mass is 264 g/mol. The molecule has 0 radical (unpaired) electrons. The van der Waals surface area contributed by atoms with Crippen molar-refractivity contribution in [2.75, 3.05) is 32.8 Å². The van der Waals surface area contributed by atoms with Crippen LogP contribution in [0.25, 0.3) is 0 Å². The van der Waals surface area contributed by atoms with E-state index < -0.39 is 0 Å². The van der Waals surface area contributed by atoms with Crippen LogP contribution in [-0.2, 0) is 6.54 Å². The number of piperidine rings is 1. The molecule has 1 fully saturated rings. The number of fused-ring (bicyclic) bond motifs is 1. The van der Waals surface area contributed by atoms with Crippen LogP contribution in [0.5, 0.6) is 5.75 Å². The maximum atomic E-state index is 13.9. The molecule has 2 aliphatic rings. The Morgan fingerprint density at radius 1 is 1.32 bits per heavy atom. The van der Waals surface area contributed by atoms with Crippen LogP contribution in [0.3, 0.4) is 0 Å². The summed E-state index contributed by atoms with van der Waals surface area (Å²) in [5.41, 5.74) is 0.717. The second kappa shape index (κ2) is 5.88. The molecule has 3 nitrogen and oxygen atoms in total. The Morgan fingerprint density at radius 3 is 3.00 bits per heavy atom. The summed E-state index contributed by atoms with van der Waals surface area (Å²) in [6.07, 6.45) is 2.45. The zero-order valence-corrected chi connectivity index (χ0v) is 11.2. The SMILES string of the molecule is Fc1cccc2c1CN(CC1CCNCC1)CCO2. The van der Waals surface area contributed by atoms with Crippen LogP contribution in [0.4, 0.5) is 4.39 Å². The van der Waals surface area contributed by atoms with Crippen molar-refractivity contribution in [1.29, 1.82) is 0 Å². The van der Waals surface area contributed by atoms with E-state index in [2.05, 4.69) is 10.2 Å². The first kappa shape index (κ1) is 12.9. The second-order valence-electron chi connectivity index (χ2n) is 5.49. The molecule has 1 saturated heterocycles. The van der Waals surface area contributed by atoms with Gasteiger partial charge in [0.15, 0.2) is 0 Å². The number of halogens is 1. The number of nitrogens with one attached hydrogen (secondary N) is 1. The average molecular weight is 264 g/mol. The smallest absolute Gasteiger partial charge is 0.131 e. The highest BCUT2D eigenvalue weighted by Crippen LogP contribution is 2.26. The Labute approximate surface area is 113 Å². The van der Waals surface area contributed by atoms with Crippen molar-refractivity contribution in [2.45, 2.75) is 19.4 Å². The zero-order chi connectivity index (χ0) is 13.1. The van der Waals surface area contributed by atoms with Crippen molar-refractivity contribution in [3.05, 3.63) is 29.6 Å². The summed E-state index contributed by atoms with van der Waals surface area (Å²) in [7, 11) is 0. The summed E-state index contributed by atoms with van der Waals surface area (Å²) in [5, 5.41) is 3.39. The van der Waals surface area contributed by atoms with E-state index in [0.29, 0.717) is 24.5 Å². The standard InChI is InChI=1S/C15H21FN2O/c16-14-2-1-3-15-13(14)11-18(8-9-19-15)10-12-4-6-17-7-5-12/h1-3,12,17H,4-11H2. The lowest BCUT2D eigenvalue weighted by Gasteiger charge is -2.28. The van der Waals surface area contributed by atoms with Crippen molar-refractivity contribution < 1.29 is 9.13 Å². The van der Waals surface area contributed by atoms with E-state index in [9.17, 15) is 4.39 Å². The van der Waals surface area contributed by atoms with Gasteiger partial charge in [-0.25, -0.2) is 4.39 Å². The minimum absolute atomic E-state index is 0.144. The Kier molecular flexibility index (Phi) is 3.99. The van der Waals surface area contributed by atoms with Gasteiger partial charge in [-0.2, -0.15) is 0 Å². The fraction of sp³-hybridized carbons (Fsp3) is 0.600. The molecule has 19 heavy (non-hydrogen) atoms. The number of nitrogens with zero attached hydrogens (tertiary/aromatic N) is 1. The van der Waals surface area contributed by atoms with Crippen LogP contribution in [0, 0.1) is 11.7 Å². The minimum atomic E-state index is -0.144. The van der Waals surface area contributed by atoms with Gasteiger partial charge in [-0.05, 0) is 44.0 Å². The van der Waals surface area contributed by atoms with Gasteiger partial charge in [0.25, 0.3) is 0 Å². The van der Waals surface area contributed by atoms with Crippen molar-refractivity contribution in [3.63, 3.8) is 0 Å². The van der Waals surface area contributed by atoms with Crippen molar-refractivity contribution in [1.82, 2.24) is 10.2 Å². The quantitative estimate of drug-likeness (QED) is 0.884. The molecule has 2 aliphatic heterocycles. The highest BCUT2D eigenvalue weighted by molar-refractivity contribution is 5.35. The fourth-order valence-corrected chi connectivity index (χ4v) is 3.00. The molecule has 2 heterocycles. The summed E-state index contributed by atoms with van der Waals surface area (Å²) in [6, 6.07) is 5.11. The van der Waals surface area contributed by atoms with E-state index in [-0.39, 0.29) is 5.82 Å². The Balaban J connectivity index is 1.69. The van der Waals surface area contributed by atoms with E-state index in [1.165, 1.54) is 18.9 Å². The number of hydrogen-bond donors (Lipinski definition) is 1. The third-order valence-corrected chi connectivity index (χ3v) is 4.10. The van der Waals surface area contributed by atoms with Gasteiger partial charge in [0.2, 0.25) is 0 Å². The summed E-state index contributed by atoms with van der Waals surface area (Å²) >= 11 is 0. The lowest BCUT2D eigenvalue weighted by molar-refractivity contribution is 0.181. The molecule has 0 saturated carbocycles. The van der Waals surface area contributed by atoms with Gasteiger partial charge in [0.05, 0.1) is 0 Å². The highest BCUT2D eigenvalue weighted by atomic mass is 19.1. The van der Waals surface area contributed by atoms with Gasteiger partial charge < -0.3 is 10.1 Å². The zero-order valence-electron chi connectivity index (χ0n) is 11.2. The number of benzene rings is 1. The van der Waals surface area contributed by atoms with Gasteiger partial charge in [-0.3, -0.25) is 4.90 Å². The number of hydrogen-bond acceptors (Lipinski definition) is 3.